The second kappa shape index (κ2) is 11.7. The molecule has 1 aromatic carbocycles. The fourth-order valence-corrected chi connectivity index (χ4v) is 4.08. The van der Waals surface area contributed by atoms with E-state index in [1.807, 2.05) is 0 Å². The summed E-state index contributed by atoms with van der Waals surface area (Å²) < 4.78 is 54.6. The Labute approximate surface area is 187 Å². The number of carbonyl (C=O) groups excluding carboxylic acids is 2. The fourth-order valence-electron chi connectivity index (χ4n) is 2.03. The van der Waals surface area contributed by atoms with Gasteiger partial charge in [0, 0.05) is 13.8 Å². The Bertz CT molecular complexity index is 912. The Morgan fingerprint density at radius 2 is 1.73 bits per heavy atom. The van der Waals surface area contributed by atoms with Crippen LogP contribution in [0, 0.1) is 0 Å². The molecule has 0 radical (unpaired) electrons. The van der Waals surface area contributed by atoms with E-state index in [-0.39, 0.29) is 15.1 Å². The first kappa shape index (κ1) is 26.4. The molecule has 0 aliphatic rings. The monoisotopic (exact) mass is 507 g/mol. The van der Waals surface area contributed by atoms with E-state index in [4.69, 9.17) is 48.5 Å². The van der Waals surface area contributed by atoms with E-state index in [1.54, 1.807) is 0 Å². The second-order valence-electron chi connectivity index (χ2n) is 5.54. The lowest BCUT2D eigenvalue weighted by molar-refractivity contribution is -0.159. The third kappa shape index (κ3) is 7.88. The largest absolute Gasteiger partial charge is 0.463 e. The summed E-state index contributed by atoms with van der Waals surface area (Å²) in [6.45, 7) is 1.20. The lowest BCUT2D eigenvalue weighted by Crippen LogP contribution is -2.45. The molecule has 0 amide bonds. The number of esters is 2. The first-order valence-electron chi connectivity index (χ1n) is 7.98. The van der Waals surface area contributed by atoms with Gasteiger partial charge in [-0.25, -0.2) is 4.39 Å². The molecule has 14 heteroatoms. The fraction of sp³-hybridized carbons (Fsp3) is 0.438. The van der Waals surface area contributed by atoms with Crippen molar-refractivity contribution in [2.24, 2.45) is 5.16 Å². The van der Waals surface area contributed by atoms with E-state index >= 15 is 0 Å². The van der Waals surface area contributed by atoms with Crippen molar-refractivity contribution in [3.63, 3.8) is 0 Å². The van der Waals surface area contributed by atoms with Crippen LogP contribution in [0.25, 0.3) is 0 Å². The van der Waals surface area contributed by atoms with Crippen molar-refractivity contribution in [1.82, 2.24) is 0 Å². The molecule has 9 nitrogen and oxygen atoms in total. The van der Waals surface area contributed by atoms with Crippen molar-refractivity contribution < 1.29 is 40.9 Å². The van der Waals surface area contributed by atoms with Gasteiger partial charge in [0.1, 0.15) is 18.6 Å². The summed E-state index contributed by atoms with van der Waals surface area (Å²) in [6, 6.07) is 1.99. The first-order valence-corrected chi connectivity index (χ1v) is 10.5. The number of ether oxygens (including phenoxy) is 2. The summed E-state index contributed by atoms with van der Waals surface area (Å²) in [5.74, 6) is -1.79. The lowest BCUT2D eigenvalue weighted by atomic mass is 10.1. The minimum absolute atomic E-state index is 0.0190. The summed E-state index contributed by atoms with van der Waals surface area (Å²) in [5, 5.41) is 2.71. The third-order valence-corrected chi connectivity index (χ3v) is 5.76. The number of benzene rings is 1. The van der Waals surface area contributed by atoms with Gasteiger partial charge in [-0.3, -0.25) is 13.8 Å². The number of nitrogens with zero attached hydrogens (tertiary/aromatic N) is 1. The van der Waals surface area contributed by atoms with Crippen LogP contribution in [0.2, 0.25) is 15.1 Å². The highest BCUT2D eigenvalue weighted by Crippen LogP contribution is 2.33. The number of halogens is 4. The van der Waals surface area contributed by atoms with Gasteiger partial charge < -0.3 is 14.3 Å². The van der Waals surface area contributed by atoms with Crippen molar-refractivity contribution in [3.8, 4) is 0 Å². The molecule has 1 rings (SSSR count). The first-order chi connectivity index (χ1) is 13.9. The van der Waals surface area contributed by atoms with Crippen molar-refractivity contribution >= 4 is 63.1 Å². The van der Waals surface area contributed by atoms with Crippen LogP contribution in [0.5, 0.6) is 0 Å². The summed E-state index contributed by atoms with van der Waals surface area (Å²) >= 11 is 17.5. The highest BCUT2D eigenvalue weighted by Gasteiger charge is 2.38. The van der Waals surface area contributed by atoms with Crippen LogP contribution in [0.3, 0.4) is 0 Å². The van der Waals surface area contributed by atoms with Gasteiger partial charge in [-0.15, -0.1) is 0 Å². The highest BCUT2D eigenvalue weighted by atomic mass is 35.5. The molecular weight excluding hydrogens is 492 g/mol. The molecular formula is C16H17Cl3FNO8S. The Balaban J connectivity index is 3.37. The van der Waals surface area contributed by atoms with E-state index in [9.17, 15) is 22.4 Å². The molecule has 0 fully saturated rings. The molecule has 0 aromatic heterocycles. The van der Waals surface area contributed by atoms with Crippen molar-refractivity contribution in [2.45, 2.75) is 37.1 Å². The Hall–Kier alpha value is -1.66. The molecule has 0 heterocycles. The lowest BCUT2D eigenvalue weighted by Gasteiger charge is -2.27. The van der Waals surface area contributed by atoms with Crippen molar-refractivity contribution in [3.05, 3.63) is 27.2 Å². The molecule has 0 aliphatic heterocycles. The summed E-state index contributed by atoms with van der Waals surface area (Å²) in [5.41, 5.74) is 0. The average Bonchev–Trinajstić information content (AvgIpc) is 2.63. The molecule has 30 heavy (non-hydrogen) atoms. The Morgan fingerprint density at radius 3 is 2.27 bits per heavy atom. The van der Waals surface area contributed by atoms with Gasteiger partial charge in [0.15, 0.2) is 18.4 Å². The molecule has 0 spiro atoms. The topological polar surface area (TPSA) is 118 Å². The molecule has 3 atom stereocenters. The van der Waals surface area contributed by atoms with Gasteiger partial charge in [0.25, 0.3) is 10.1 Å². The summed E-state index contributed by atoms with van der Waals surface area (Å²) in [6.07, 6.45) is -5.27. The number of hydrogen-bond acceptors (Lipinski definition) is 9. The standard InChI is InChI=1S/C16H17Cl3FNO8S/c1-8(22)27-7-14(16(28-9(2)23)13(20)6-21-26-3)29-30(24,25)15-5-11(18)10(17)4-12(15)19/h4-6,13-14,16H,7H2,1-3H3. The number of carbonyl (C=O) groups is 2. The SMILES string of the molecule is CON=CC(F)C(OC(C)=O)C(COC(C)=O)OS(=O)(=O)c1cc(Cl)c(Cl)cc1Cl. The van der Waals surface area contributed by atoms with Gasteiger partial charge in [-0.2, -0.15) is 8.42 Å². The molecule has 0 saturated carbocycles. The minimum Gasteiger partial charge on any atom is -0.463 e. The van der Waals surface area contributed by atoms with Gasteiger partial charge in [-0.1, -0.05) is 40.0 Å². The molecule has 1 aromatic rings. The molecule has 3 unspecified atom stereocenters. The van der Waals surface area contributed by atoms with Crippen LogP contribution in [-0.2, 0) is 38.2 Å². The van der Waals surface area contributed by atoms with E-state index in [1.165, 1.54) is 0 Å². The zero-order valence-corrected chi connectivity index (χ0v) is 18.9. The zero-order chi connectivity index (χ0) is 23.1. The second-order valence-corrected chi connectivity index (χ2v) is 8.31. The molecule has 0 bridgehead atoms. The molecule has 168 valence electrons. The predicted molar refractivity (Wildman–Crippen MR) is 106 cm³/mol. The maximum absolute atomic E-state index is 14.6. The van der Waals surface area contributed by atoms with Crippen LogP contribution < -0.4 is 0 Å². The average molecular weight is 509 g/mol. The molecule has 0 N–H and O–H groups in total. The van der Waals surface area contributed by atoms with Gasteiger partial charge in [0.2, 0.25) is 0 Å². The number of alkyl halides is 1. The van der Waals surface area contributed by atoms with Crippen molar-refractivity contribution in [1.29, 1.82) is 0 Å². The van der Waals surface area contributed by atoms with Gasteiger partial charge >= 0.3 is 11.9 Å². The predicted octanol–water partition coefficient (Wildman–Crippen LogP) is 3.19. The normalized spacial score (nSPS) is 14.8. The Kier molecular flexibility index (Phi) is 10.2. The molecule has 0 saturated heterocycles. The number of oxime groups is 1. The quantitative estimate of drug-likeness (QED) is 0.155. The Morgan fingerprint density at radius 1 is 1.13 bits per heavy atom. The highest BCUT2D eigenvalue weighted by molar-refractivity contribution is 7.87. The van der Waals surface area contributed by atoms with Crippen molar-refractivity contribution in [2.75, 3.05) is 13.7 Å². The molecule has 0 aliphatic carbocycles. The maximum Gasteiger partial charge on any atom is 0.303 e. The smallest absolute Gasteiger partial charge is 0.303 e. The van der Waals surface area contributed by atoms with Crippen LogP contribution in [0.4, 0.5) is 4.39 Å². The van der Waals surface area contributed by atoms with Crippen LogP contribution in [0.15, 0.2) is 22.2 Å². The van der Waals surface area contributed by atoms with E-state index in [2.05, 4.69) is 9.99 Å². The van der Waals surface area contributed by atoms with E-state index < -0.39 is 51.9 Å². The van der Waals surface area contributed by atoms with E-state index in [0.717, 1.165) is 33.1 Å². The van der Waals surface area contributed by atoms with Gasteiger partial charge in [-0.05, 0) is 12.1 Å². The van der Waals surface area contributed by atoms with Gasteiger partial charge in [0.05, 0.1) is 21.3 Å². The minimum atomic E-state index is -4.71. The van der Waals surface area contributed by atoms with Crippen LogP contribution >= 0.6 is 34.8 Å². The summed E-state index contributed by atoms with van der Waals surface area (Å²) in [4.78, 5) is 26.4. The number of hydrogen-bond donors (Lipinski definition) is 0. The summed E-state index contributed by atoms with van der Waals surface area (Å²) in [7, 11) is -3.58. The number of rotatable bonds is 10. The van der Waals surface area contributed by atoms with Crippen LogP contribution in [0.1, 0.15) is 13.8 Å². The third-order valence-electron chi connectivity index (χ3n) is 3.24. The van der Waals surface area contributed by atoms with Crippen LogP contribution in [-0.4, -0.2) is 58.7 Å². The van der Waals surface area contributed by atoms with E-state index in [0.29, 0.717) is 6.21 Å². The zero-order valence-electron chi connectivity index (χ0n) is 15.8. The maximum atomic E-state index is 14.6.